The molecule has 0 aromatic rings. The van der Waals surface area contributed by atoms with Gasteiger partial charge < -0.3 is 0 Å². The zero-order chi connectivity index (χ0) is 5.86. The van der Waals surface area contributed by atoms with E-state index in [1.165, 1.54) is 0 Å². The van der Waals surface area contributed by atoms with Crippen molar-refractivity contribution < 1.29 is 4.79 Å². The third-order valence-electron chi connectivity index (χ3n) is 0.382. The van der Waals surface area contributed by atoms with Crippen LogP contribution >= 0.6 is 55.9 Å². The van der Waals surface area contributed by atoms with Crippen LogP contribution in [-0.4, -0.2) is 15.4 Å². The Morgan fingerprint density at radius 2 is 2.12 bits per heavy atom. The Labute approximate surface area is 75.8 Å². The summed E-state index contributed by atoms with van der Waals surface area (Å²) in [5, 5.41) is 0.201. The minimum atomic E-state index is -0.364. The zero-order valence-corrected chi connectivity index (χ0v) is 8.48. The van der Waals surface area contributed by atoms with Crippen molar-refractivity contribution in [2.45, 2.75) is 4.83 Å². The first-order valence-corrected chi connectivity index (χ1v) is 3.99. The Bertz CT molecular complexity index is 77.7. The van der Waals surface area contributed by atoms with E-state index in [-0.39, 0.29) is 22.5 Å². The SMILES string of the molecule is Cl.O=C(Cl)C(Br)CBr. The van der Waals surface area contributed by atoms with E-state index in [4.69, 9.17) is 11.6 Å². The standard InChI is InChI=1S/C3H3Br2ClO.ClH/c4-1-2(5)3(6)7;/h2H,1H2;1H. The van der Waals surface area contributed by atoms with Crippen molar-refractivity contribution in [3.63, 3.8) is 0 Å². The van der Waals surface area contributed by atoms with Gasteiger partial charge in [0.05, 0.1) is 4.83 Å². The van der Waals surface area contributed by atoms with Crippen LogP contribution in [0, 0.1) is 0 Å². The summed E-state index contributed by atoms with van der Waals surface area (Å²) in [7, 11) is 0. The van der Waals surface area contributed by atoms with E-state index in [9.17, 15) is 4.79 Å². The van der Waals surface area contributed by atoms with Crippen LogP contribution in [0.4, 0.5) is 0 Å². The predicted molar refractivity (Wildman–Crippen MR) is 44.6 cm³/mol. The van der Waals surface area contributed by atoms with Crippen LogP contribution in [0.15, 0.2) is 0 Å². The fourth-order valence-corrected chi connectivity index (χ4v) is 0.618. The highest BCUT2D eigenvalue weighted by Gasteiger charge is 2.07. The van der Waals surface area contributed by atoms with Crippen molar-refractivity contribution in [1.82, 2.24) is 0 Å². The van der Waals surface area contributed by atoms with E-state index in [1.54, 1.807) is 0 Å². The van der Waals surface area contributed by atoms with Crippen LogP contribution in [0.5, 0.6) is 0 Å². The largest absolute Gasteiger partial charge is 0.280 e. The van der Waals surface area contributed by atoms with Crippen LogP contribution in [0.1, 0.15) is 0 Å². The fraction of sp³-hybridized carbons (Fsp3) is 0.667. The summed E-state index contributed by atoms with van der Waals surface area (Å²) < 4.78 is 0. The van der Waals surface area contributed by atoms with Crippen molar-refractivity contribution in [2.24, 2.45) is 0 Å². The molecule has 0 amide bonds. The second kappa shape index (κ2) is 6.33. The van der Waals surface area contributed by atoms with Crippen LogP contribution in [0.25, 0.3) is 0 Å². The number of hydrogen-bond acceptors (Lipinski definition) is 1. The molecule has 0 aromatic heterocycles. The van der Waals surface area contributed by atoms with Gasteiger partial charge in [0, 0.05) is 5.33 Å². The average molecular weight is 287 g/mol. The number of alkyl halides is 2. The molecule has 8 heavy (non-hydrogen) atoms. The zero-order valence-electron chi connectivity index (χ0n) is 3.73. The molecule has 0 aliphatic heterocycles. The molecule has 0 rings (SSSR count). The second-order valence-electron chi connectivity index (χ2n) is 0.926. The second-order valence-corrected chi connectivity index (χ2v) is 3.05. The summed E-state index contributed by atoms with van der Waals surface area (Å²) in [6.45, 7) is 0. The molecule has 1 atom stereocenters. The fourth-order valence-electron chi connectivity index (χ4n) is 0.0607. The summed E-state index contributed by atoms with van der Waals surface area (Å²) in [6.07, 6.45) is 0. The molecular formula is C3H4Br2Cl2O. The number of carbonyl (C=O) groups excluding carboxylic acids is 1. The summed E-state index contributed by atoms with van der Waals surface area (Å²) in [5.41, 5.74) is 0. The summed E-state index contributed by atoms with van der Waals surface area (Å²) in [6, 6.07) is 0. The number of carbonyl (C=O) groups is 1. The lowest BCUT2D eigenvalue weighted by atomic mass is 10.6. The monoisotopic (exact) mass is 284 g/mol. The summed E-state index contributed by atoms with van der Waals surface area (Å²) in [5.74, 6) is 0. The van der Waals surface area contributed by atoms with Crippen LogP contribution < -0.4 is 0 Å². The summed E-state index contributed by atoms with van der Waals surface area (Å²) >= 11 is 11.1. The minimum absolute atomic E-state index is 0. The van der Waals surface area contributed by atoms with Gasteiger partial charge in [0.25, 0.3) is 0 Å². The number of rotatable bonds is 2. The van der Waals surface area contributed by atoms with Crippen molar-refractivity contribution in [2.75, 3.05) is 5.33 Å². The smallest absolute Gasteiger partial charge is 0.236 e. The lowest BCUT2D eigenvalue weighted by Gasteiger charge is -1.92. The molecule has 0 aliphatic rings. The Hall–Kier alpha value is 1.21. The molecule has 0 bridgehead atoms. The lowest BCUT2D eigenvalue weighted by molar-refractivity contribution is -0.110. The summed E-state index contributed by atoms with van der Waals surface area (Å²) in [4.78, 5) is 9.82. The van der Waals surface area contributed by atoms with E-state index in [1.807, 2.05) is 0 Å². The molecule has 0 fully saturated rings. The van der Waals surface area contributed by atoms with Crippen molar-refractivity contribution in [1.29, 1.82) is 0 Å². The molecule has 0 aliphatic carbocycles. The number of halogens is 4. The Balaban J connectivity index is 0. The maximum absolute atomic E-state index is 10.1. The molecular weight excluding hydrogens is 283 g/mol. The highest BCUT2D eigenvalue weighted by Crippen LogP contribution is 2.06. The molecule has 5 heteroatoms. The third kappa shape index (κ3) is 5.35. The van der Waals surface area contributed by atoms with E-state index in [2.05, 4.69) is 31.9 Å². The molecule has 1 nitrogen and oxygen atoms in total. The normalized spacial score (nSPS) is 11.9. The Morgan fingerprint density at radius 1 is 1.75 bits per heavy atom. The van der Waals surface area contributed by atoms with Crippen molar-refractivity contribution >= 4 is 61.1 Å². The Morgan fingerprint density at radius 3 is 2.12 bits per heavy atom. The maximum Gasteiger partial charge on any atom is 0.236 e. The van der Waals surface area contributed by atoms with Crippen LogP contribution in [-0.2, 0) is 4.79 Å². The van der Waals surface area contributed by atoms with Gasteiger partial charge in [-0.3, -0.25) is 4.79 Å². The molecule has 0 spiro atoms. The Kier molecular flexibility index (Phi) is 9.45. The van der Waals surface area contributed by atoms with Gasteiger partial charge >= 0.3 is 0 Å². The topological polar surface area (TPSA) is 17.1 Å². The van der Waals surface area contributed by atoms with Gasteiger partial charge in [0.15, 0.2) is 0 Å². The highest BCUT2D eigenvalue weighted by atomic mass is 79.9. The quantitative estimate of drug-likeness (QED) is 0.562. The third-order valence-corrected chi connectivity index (χ3v) is 3.16. The van der Waals surface area contributed by atoms with E-state index >= 15 is 0 Å². The van der Waals surface area contributed by atoms with E-state index < -0.39 is 0 Å². The highest BCUT2D eigenvalue weighted by molar-refractivity contribution is 9.12. The molecule has 0 heterocycles. The number of hydrogen-bond donors (Lipinski definition) is 0. The van der Waals surface area contributed by atoms with Gasteiger partial charge in [-0.2, -0.15) is 0 Å². The van der Waals surface area contributed by atoms with Gasteiger partial charge in [-0.15, -0.1) is 12.4 Å². The minimum Gasteiger partial charge on any atom is -0.280 e. The van der Waals surface area contributed by atoms with Crippen LogP contribution in [0.2, 0.25) is 0 Å². The molecule has 0 N–H and O–H groups in total. The van der Waals surface area contributed by atoms with Gasteiger partial charge in [-0.1, -0.05) is 31.9 Å². The van der Waals surface area contributed by atoms with E-state index in [0.717, 1.165) is 0 Å². The maximum atomic E-state index is 10.1. The van der Waals surface area contributed by atoms with Crippen molar-refractivity contribution in [3.8, 4) is 0 Å². The molecule has 1 unspecified atom stereocenters. The van der Waals surface area contributed by atoms with Gasteiger partial charge in [0.1, 0.15) is 0 Å². The first kappa shape index (κ1) is 11.9. The first-order chi connectivity index (χ1) is 3.18. The molecule has 0 radical (unpaired) electrons. The molecule has 50 valence electrons. The van der Waals surface area contributed by atoms with Gasteiger partial charge in [-0.05, 0) is 11.6 Å². The molecule has 0 saturated heterocycles. The predicted octanol–water partition coefficient (Wildman–Crippen LogP) is 2.33. The van der Waals surface area contributed by atoms with Gasteiger partial charge in [0.2, 0.25) is 5.24 Å². The molecule has 0 aromatic carbocycles. The average Bonchev–Trinajstić information content (AvgIpc) is 1.65. The molecule has 0 saturated carbocycles. The van der Waals surface area contributed by atoms with E-state index in [0.29, 0.717) is 5.33 Å². The van der Waals surface area contributed by atoms with Gasteiger partial charge in [-0.25, -0.2) is 0 Å². The lowest BCUT2D eigenvalue weighted by Crippen LogP contribution is -2.07. The first-order valence-electron chi connectivity index (χ1n) is 1.58. The van der Waals surface area contributed by atoms with Crippen molar-refractivity contribution in [3.05, 3.63) is 0 Å². The van der Waals surface area contributed by atoms with Crippen LogP contribution in [0.3, 0.4) is 0 Å².